The van der Waals surface area contributed by atoms with Crippen molar-refractivity contribution < 1.29 is 9.13 Å². The van der Waals surface area contributed by atoms with Crippen molar-refractivity contribution in [3.05, 3.63) is 59.9 Å². The number of methoxy groups -OCH3 is 1. The standard InChI is InChI=1S/C17H20FNOS/c1-20-16-9-6-13(7-10-16)5-8-15(19)12-21-17-4-2-3-14(18)11-17/h2-4,6-7,9-11,15H,5,8,12,19H2,1H3. The Morgan fingerprint density at radius 3 is 2.62 bits per heavy atom. The molecule has 0 bridgehead atoms. The molecule has 2 rings (SSSR count). The highest BCUT2D eigenvalue weighted by atomic mass is 32.2. The SMILES string of the molecule is COc1ccc(CCC(N)CSc2cccc(F)c2)cc1. The minimum Gasteiger partial charge on any atom is -0.497 e. The Morgan fingerprint density at radius 2 is 1.95 bits per heavy atom. The third-order valence-corrected chi connectivity index (χ3v) is 4.41. The van der Waals surface area contributed by atoms with Gasteiger partial charge in [-0.05, 0) is 48.7 Å². The highest BCUT2D eigenvalue weighted by Crippen LogP contribution is 2.20. The predicted octanol–water partition coefficient (Wildman–Crippen LogP) is 3.89. The van der Waals surface area contributed by atoms with Crippen LogP contribution in [0.2, 0.25) is 0 Å². The number of ether oxygens (including phenoxy) is 1. The Kier molecular flexibility index (Phi) is 6.08. The molecule has 0 aliphatic carbocycles. The second kappa shape index (κ2) is 8.05. The molecule has 0 aromatic heterocycles. The Labute approximate surface area is 129 Å². The molecule has 0 aliphatic rings. The van der Waals surface area contributed by atoms with Gasteiger partial charge < -0.3 is 10.5 Å². The molecule has 4 heteroatoms. The lowest BCUT2D eigenvalue weighted by Crippen LogP contribution is -2.23. The van der Waals surface area contributed by atoms with Gasteiger partial charge in [0.25, 0.3) is 0 Å². The average molecular weight is 305 g/mol. The van der Waals surface area contributed by atoms with Gasteiger partial charge in [0.05, 0.1) is 7.11 Å². The molecule has 2 aromatic carbocycles. The van der Waals surface area contributed by atoms with Crippen LogP contribution in [0, 0.1) is 5.82 Å². The van der Waals surface area contributed by atoms with E-state index < -0.39 is 0 Å². The number of halogens is 1. The summed E-state index contributed by atoms with van der Waals surface area (Å²) >= 11 is 1.60. The van der Waals surface area contributed by atoms with Gasteiger partial charge in [-0.1, -0.05) is 18.2 Å². The van der Waals surface area contributed by atoms with Gasteiger partial charge >= 0.3 is 0 Å². The van der Waals surface area contributed by atoms with Crippen molar-refractivity contribution >= 4 is 11.8 Å². The summed E-state index contributed by atoms with van der Waals surface area (Å²) in [5.41, 5.74) is 7.38. The zero-order valence-electron chi connectivity index (χ0n) is 12.1. The maximum Gasteiger partial charge on any atom is 0.124 e. The zero-order chi connectivity index (χ0) is 15.1. The summed E-state index contributed by atoms with van der Waals surface area (Å²) in [4.78, 5) is 0.926. The summed E-state index contributed by atoms with van der Waals surface area (Å²) in [6, 6.07) is 14.8. The molecule has 2 N–H and O–H groups in total. The molecule has 0 heterocycles. The monoisotopic (exact) mass is 305 g/mol. The van der Waals surface area contributed by atoms with E-state index in [0.717, 1.165) is 29.2 Å². The van der Waals surface area contributed by atoms with Gasteiger partial charge in [0.2, 0.25) is 0 Å². The van der Waals surface area contributed by atoms with E-state index in [1.165, 1.54) is 11.6 Å². The van der Waals surface area contributed by atoms with Gasteiger partial charge in [0.15, 0.2) is 0 Å². The van der Waals surface area contributed by atoms with Crippen LogP contribution >= 0.6 is 11.8 Å². The topological polar surface area (TPSA) is 35.2 Å². The average Bonchev–Trinajstić information content (AvgIpc) is 2.51. The molecule has 0 radical (unpaired) electrons. The summed E-state index contributed by atoms with van der Waals surface area (Å²) in [5, 5.41) is 0. The molecule has 0 fully saturated rings. The molecule has 112 valence electrons. The van der Waals surface area contributed by atoms with E-state index in [2.05, 4.69) is 12.1 Å². The molecule has 1 atom stereocenters. The molecule has 0 spiro atoms. The lowest BCUT2D eigenvalue weighted by atomic mass is 10.1. The maximum absolute atomic E-state index is 13.1. The van der Waals surface area contributed by atoms with Crippen LogP contribution in [0.4, 0.5) is 4.39 Å². The van der Waals surface area contributed by atoms with E-state index >= 15 is 0 Å². The minimum atomic E-state index is -0.202. The smallest absolute Gasteiger partial charge is 0.124 e. The fourth-order valence-electron chi connectivity index (χ4n) is 1.99. The van der Waals surface area contributed by atoms with Gasteiger partial charge in [0.1, 0.15) is 11.6 Å². The number of hydrogen-bond acceptors (Lipinski definition) is 3. The van der Waals surface area contributed by atoms with Gasteiger partial charge in [-0.15, -0.1) is 11.8 Å². The molecule has 0 saturated carbocycles. The fourth-order valence-corrected chi connectivity index (χ4v) is 2.93. The summed E-state index contributed by atoms with van der Waals surface area (Å²) in [6.07, 6.45) is 1.85. The fraction of sp³-hybridized carbons (Fsp3) is 0.294. The van der Waals surface area contributed by atoms with E-state index in [0.29, 0.717) is 0 Å². The van der Waals surface area contributed by atoms with E-state index in [1.807, 2.05) is 18.2 Å². The minimum absolute atomic E-state index is 0.0976. The van der Waals surface area contributed by atoms with Crippen LogP contribution in [0.15, 0.2) is 53.4 Å². The highest BCUT2D eigenvalue weighted by Gasteiger charge is 2.05. The van der Waals surface area contributed by atoms with Crippen LogP contribution in [-0.2, 0) is 6.42 Å². The van der Waals surface area contributed by atoms with Gasteiger partial charge in [-0.3, -0.25) is 0 Å². The highest BCUT2D eigenvalue weighted by molar-refractivity contribution is 7.99. The van der Waals surface area contributed by atoms with Crippen molar-refractivity contribution in [2.75, 3.05) is 12.9 Å². The van der Waals surface area contributed by atoms with Crippen molar-refractivity contribution in [2.24, 2.45) is 5.73 Å². The van der Waals surface area contributed by atoms with Crippen molar-refractivity contribution in [1.82, 2.24) is 0 Å². The van der Waals surface area contributed by atoms with E-state index in [4.69, 9.17) is 10.5 Å². The van der Waals surface area contributed by atoms with Gasteiger partial charge in [-0.25, -0.2) is 4.39 Å². The summed E-state index contributed by atoms with van der Waals surface area (Å²) in [5.74, 6) is 1.45. The number of nitrogens with two attached hydrogens (primary N) is 1. The Bertz CT molecular complexity index is 559. The summed E-state index contributed by atoms with van der Waals surface area (Å²) < 4.78 is 18.2. The van der Waals surface area contributed by atoms with Gasteiger partial charge in [-0.2, -0.15) is 0 Å². The predicted molar refractivity (Wildman–Crippen MR) is 86.4 cm³/mol. The van der Waals surface area contributed by atoms with Crippen LogP contribution in [0.5, 0.6) is 5.75 Å². The van der Waals surface area contributed by atoms with E-state index in [1.54, 1.807) is 31.0 Å². The maximum atomic E-state index is 13.1. The third-order valence-electron chi connectivity index (χ3n) is 3.22. The molecular formula is C17H20FNOS. The van der Waals surface area contributed by atoms with Crippen molar-refractivity contribution in [2.45, 2.75) is 23.8 Å². The molecule has 0 saturated heterocycles. The normalized spacial score (nSPS) is 12.1. The van der Waals surface area contributed by atoms with E-state index in [9.17, 15) is 4.39 Å². The van der Waals surface area contributed by atoms with Crippen molar-refractivity contribution in [1.29, 1.82) is 0 Å². The second-order valence-electron chi connectivity index (χ2n) is 4.92. The molecule has 0 amide bonds. The molecule has 2 aromatic rings. The van der Waals surface area contributed by atoms with E-state index in [-0.39, 0.29) is 11.9 Å². The molecule has 2 nitrogen and oxygen atoms in total. The van der Waals surface area contributed by atoms with Gasteiger partial charge in [0, 0.05) is 16.7 Å². The number of aryl methyl sites for hydroxylation is 1. The Balaban J connectivity index is 1.75. The first-order chi connectivity index (χ1) is 10.2. The molecule has 0 aliphatic heterocycles. The molecule has 21 heavy (non-hydrogen) atoms. The number of thioether (sulfide) groups is 1. The number of hydrogen-bond donors (Lipinski definition) is 1. The van der Waals surface area contributed by atoms with Crippen LogP contribution in [-0.4, -0.2) is 18.9 Å². The molecular weight excluding hydrogens is 285 g/mol. The first kappa shape index (κ1) is 15.9. The summed E-state index contributed by atoms with van der Waals surface area (Å²) in [6.45, 7) is 0. The lowest BCUT2D eigenvalue weighted by Gasteiger charge is -2.11. The Hall–Kier alpha value is -1.52. The van der Waals surface area contributed by atoms with Crippen molar-refractivity contribution in [3.63, 3.8) is 0 Å². The largest absolute Gasteiger partial charge is 0.497 e. The van der Waals surface area contributed by atoms with Crippen LogP contribution in [0.25, 0.3) is 0 Å². The quantitative estimate of drug-likeness (QED) is 0.788. The Morgan fingerprint density at radius 1 is 1.19 bits per heavy atom. The van der Waals surface area contributed by atoms with Crippen LogP contribution < -0.4 is 10.5 Å². The summed E-state index contributed by atoms with van der Waals surface area (Å²) in [7, 11) is 1.66. The molecule has 1 unspecified atom stereocenters. The first-order valence-corrected chi connectivity index (χ1v) is 7.93. The lowest BCUT2D eigenvalue weighted by molar-refractivity contribution is 0.414. The zero-order valence-corrected chi connectivity index (χ0v) is 12.9. The second-order valence-corrected chi connectivity index (χ2v) is 6.01. The third kappa shape index (κ3) is 5.40. The van der Waals surface area contributed by atoms with Crippen molar-refractivity contribution in [3.8, 4) is 5.75 Å². The first-order valence-electron chi connectivity index (χ1n) is 6.94. The van der Waals surface area contributed by atoms with Crippen LogP contribution in [0.3, 0.4) is 0 Å². The number of rotatable bonds is 7. The number of benzene rings is 2. The van der Waals surface area contributed by atoms with Crippen LogP contribution in [0.1, 0.15) is 12.0 Å².